The molecule has 0 aliphatic rings. The van der Waals surface area contributed by atoms with Crippen LogP contribution in [0.3, 0.4) is 0 Å². The number of aryl methyl sites for hydroxylation is 2. The monoisotopic (exact) mass is 299 g/mol. The molecule has 0 heterocycles. The summed E-state index contributed by atoms with van der Waals surface area (Å²) in [6.07, 6.45) is 0. The van der Waals surface area contributed by atoms with Crippen molar-refractivity contribution in [2.24, 2.45) is 0 Å². The first-order valence-corrected chi connectivity index (χ1v) is 7.11. The predicted molar refractivity (Wildman–Crippen MR) is 86.6 cm³/mol. The maximum absolute atomic E-state index is 12.2. The van der Waals surface area contributed by atoms with E-state index >= 15 is 0 Å². The van der Waals surface area contributed by atoms with Gasteiger partial charge in [-0.3, -0.25) is 4.79 Å². The van der Waals surface area contributed by atoms with Crippen molar-refractivity contribution >= 4 is 5.91 Å². The van der Waals surface area contributed by atoms with Crippen LogP contribution < -0.4 is 14.8 Å². The Morgan fingerprint density at radius 3 is 2.45 bits per heavy atom. The van der Waals surface area contributed by atoms with Gasteiger partial charge in [-0.1, -0.05) is 12.1 Å². The van der Waals surface area contributed by atoms with E-state index in [1.165, 1.54) is 11.1 Å². The minimum Gasteiger partial charge on any atom is -0.497 e. The topological polar surface area (TPSA) is 47.6 Å². The molecule has 2 aromatic rings. The van der Waals surface area contributed by atoms with E-state index in [2.05, 4.69) is 5.32 Å². The van der Waals surface area contributed by atoms with E-state index in [4.69, 9.17) is 9.47 Å². The minimum absolute atomic E-state index is 0.140. The number of methoxy groups -OCH3 is 2. The number of hydrogen-bond acceptors (Lipinski definition) is 3. The smallest absolute Gasteiger partial charge is 0.251 e. The molecule has 0 bridgehead atoms. The summed E-state index contributed by atoms with van der Waals surface area (Å²) >= 11 is 0. The molecule has 2 rings (SSSR count). The number of benzene rings is 2. The molecule has 0 saturated carbocycles. The maximum Gasteiger partial charge on any atom is 0.251 e. The Hall–Kier alpha value is -2.49. The van der Waals surface area contributed by atoms with Crippen LogP contribution in [0.5, 0.6) is 11.5 Å². The Balaban J connectivity index is 2.12. The number of hydrogen-bond donors (Lipinski definition) is 1. The highest BCUT2D eigenvalue weighted by molar-refractivity contribution is 5.94. The fourth-order valence-electron chi connectivity index (χ4n) is 2.22. The van der Waals surface area contributed by atoms with Gasteiger partial charge in [-0.05, 0) is 49.2 Å². The third-order valence-electron chi connectivity index (χ3n) is 3.67. The lowest BCUT2D eigenvalue weighted by atomic mass is 10.0. The van der Waals surface area contributed by atoms with Crippen LogP contribution in [0.4, 0.5) is 0 Å². The summed E-state index contributed by atoms with van der Waals surface area (Å²) in [7, 11) is 3.22. The second-order valence-electron chi connectivity index (χ2n) is 5.16. The van der Waals surface area contributed by atoms with Crippen LogP contribution in [-0.4, -0.2) is 20.1 Å². The highest BCUT2D eigenvalue weighted by Crippen LogP contribution is 2.23. The third kappa shape index (κ3) is 3.58. The Labute approximate surface area is 131 Å². The zero-order valence-electron chi connectivity index (χ0n) is 13.4. The van der Waals surface area contributed by atoms with Gasteiger partial charge in [0.25, 0.3) is 5.91 Å². The number of carbonyl (C=O) groups is 1. The first-order valence-electron chi connectivity index (χ1n) is 7.11. The summed E-state index contributed by atoms with van der Waals surface area (Å²) in [6, 6.07) is 11.1. The second kappa shape index (κ2) is 6.98. The van der Waals surface area contributed by atoms with Crippen molar-refractivity contribution in [2.45, 2.75) is 20.4 Å². The van der Waals surface area contributed by atoms with Crippen molar-refractivity contribution in [3.63, 3.8) is 0 Å². The van der Waals surface area contributed by atoms with Crippen molar-refractivity contribution in [3.05, 3.63) is 58.7 Å². The van der Waals surface area contributed by atoms with Gasteiger partial charge in [0, 0.05) is 17.7 Å². The molecule has 4 nitrogen and oxygen atoms in total. The largest absolute Gasteiger partial charge is 0.497 e. The lowest BCUT2D eigenvalue weighted by molar-refractivity contribution is 0.0950. The molecule has 0 spiro atoms. The molecule has 1 N–H and O–H groups in total. The molecule has 0 aromatic heterocycles. The average Bonchev–Trinajstić information content (AvgIpc) is 2.55. The van der Waals surface area contributed by atoms with E-state index in [-0.39, 0.29) is 5.91 Å². The molecule has 0 atom stereocenters. The standard InChI is InChI=1S/C18H21NO3/c1-12-8-15(17(22-4)9-13(12)2)11-19-18(20)14-6-5-7-16(10-14)21-3/h5-10H,11H2,1-4H3,(H,19,20). The van der Waals surface area contributed by atoms with Gasteiger partial charge in [-0.25, -0.2) is 0 Å². The molecule has 0 saturated heterocycles. The molecule has 116 valence electrons. The van der Waals surface area contributed by atoms with Gasteiger partial charge in [-0.2, -0.15) is 0 Å². The highest BCUT2D eigenvalue weighted by atomic mass is 16.5. The second-order valence-corrected chi connectivity index (χ2v) is 5.16. The molecule has 0 aliphatic carbocycles. The van der Waals surface area contributed by atoms with Crippen molar-refractivity contribution in [1.29, 1.82) is 0 Å². The molecule has 0 aliphatic heterocycles. The number of ether oxygens (including phenoxy) is 2. The maximum atomic E-state index is 12.2. The fraction of sp³-hybridized carbons (Fsp3) is 0.278. The lowest BCUT2D eigenvalue weighted by Gasteiger charge is -2.13. The summed E-state index contributed by atoms with van der Waals surface area (Å²) in [6.45, 7) is 4.50. The molecule has 0 unspecified atom stereocenters. The summed E-state index contributed by atoms with van der Waals surface area (Å²) < 4.78 is 10.5. The number of nitrogens with one attached hydrogen (secondary N) is 1. The Morgan fingerprint density at radius 2 is 1.77 bits per heavy atom. The van der Waals surface area contributed by atoms with Crippen LogP contribution in [0.2, 0.25) is 0 Å². The molecular formula is C18H21NO3. The van der Waals surface area contributed by atoms with E-state index in [0.29, 0.717) is 17.9 Å². The summed E-state index contributed by atoms with van der Waals surface area (Å²) in [4.78, 5) is 12.2. The molecular weight excluding hydrogens is 278 g/mol. The molecule has 1 amide bonds. The SMILES string of the molecule is COc1cccc(C(=O)NCc2cc(C)c(C)cc2OC)c1. The zero-order chi connectivity index (χ0) is 16.1. The van der Waals surface area contributed by atoms with Crippen LogP contribution in [0.15, 0.2) is 36.4 Å². The summed E-state index contributed by atoms with van der Waals surface area (Å²) in [5.41, 5.74) is 3.87. The van der Waals surface area contributed by atoms with Crippen molar-refractivity contribution in [2.75, 3.05) is 14.2 Å². The van der Waals surface area contributed by atoms with Crippen LogP contribution in [-0.2, 0) is 6.54 Å². The molecule has 0 radical (unpaired) electrons. The van der Waals surface area contributed by atoms with Gasteiger partial charge < -0.3 is 14.8 Å². The number of amides is 1. The Bertz CT molecular complexity index is 680. The van der Waals surface area contributed by atoms with Crippen molar-refractivity contribution in [3.8, 4) is 11.5 Å². The first kappa shape index (κ1) is 15.9. The van der Waals surface area contributed by atoms with Crippen LogP contribution >= 0.6 is 0 Å². The van der Waals surface area contributed by atoms with Crippen LogP contribution in [0, 0.1) is 13.8 Å². The molecule has 2 aromatic carbocycles. The van der Waals surface area contributed by atoms with E-state index in [0.717, 1.165) is 11.3 Å². The summed E-state index contributed by atoms with van der Waals surface area (Å²) in [5, 5.41) is 2.91. The summed E-state index contributed by atoms with van der Waals surface area (Å²) in [5.74, 6) is 1.31. The normalized spacial score (nSPS) is 10.2. The number of carbonyl (C=O) groups excluding carboxylic acids is 1. The van der Waals surface area contributed by atoms with Gasteiger partial charge in [0.15, 0.2) is 0 Å². The Morgan fingerprint density at radius 1 is 1.05 bits per heavy atom. The molecule has 0 fully saturated rings. The quantitative estimate of drug-likeness (QED) is 0.922. The molecule has 4 heteroatoms. The van der Waals surface area contributed by atoms with Gasteiger partial charge in [0.2, 0.25) is 0 Å². The first-order chi connectivity index (χ1) is 10.5. The van der Waals surface area contributed by atoms with Gasteiger partial charge >= 0.3 is 0 Å². The van der Waals surface area contributed by atoms with Crippen LogP contribution in [0.25, 0.3) is 0 Å². The fourth-order valence-corrected chi connectivity index (χ4v) is 2.22. The minimum atomic E-state index is -0.140. The van der Waals surface area contributed by atoms with Crippen LogP contribution in [0.1, 0.15) is 27.0 Å². The Kier molecular flexibility index (Phi) is 5.04. The van der Waals surface area contributed by atoms with E-state index in [9.17, 15) is 4.79 Å². The van der Waals surface area contributed by atoms with Gasteiger partial charge in [0.1, 0.15) is 11.5 Å². The predicted octanol–water partition coefficient (Wildman–Crippen LogP) is 3.25. The third-order valence-corrected chi connectivity index (χ3v) is 3.67. The van der Waals surface area contributed by atoms with E-state index in [1.807, 2.05) is 32.0 Å². The van der Waals surface area contributed by atoms with Gasteiger partial charge in [-0.15, -0.1) is 0 Å². The van der Waals surface area contributed by atoms with Gasteiger partial charge in [0.05, 0.1) is 14.2 Å². The number of rotatable bonds is 5. The van der Waals surface area contributed by atoms with Crippen molar-refractivity contribution < 1.29 is 14.3 Å². The zero-order valence-corrected chi connectivity index (χ0v) is 13.4. The average molecular weight is 299 g/mol. The van der Waals surface area contributed by atoms with E-state index in [1.54, 1.807) is 32.4 Å². The lowest BCUT2D eigenvalue weighted by Crippen LogP contribution is -2.23. The van der Waals surface area contributed by atoms with Crippen molar-refractivity contribution in [1.82, 2.24) is 5.32 Å². The molecule has 22 heavy (non-hydrogen) atoms. The highest BCUT2D eigenvalue weighted by Gasteiger charge is 2.10. The van der Waals surface area contributed by atoms with E-state index < -0.39 is 0 Å².